The third-order valence-electron chi connectivity index (χ3n) is 2.72. The second kappa shape index (κ2) is 3.99. The molecule has 0 unspecified atom stereocenters. The Morgan fingerprint density at radius 1 is 1.44 bits per heavy atom. The maximum absolute atomic E-state index is 11.0. The molecule has 0 fully saturated rings. The minimum atomic E-state index is -1.04. The number of aromatic carboxylic acids is 1. The van der Waals surface area contributed by atoms with Crippen molar-refractivity contribution in [1.29, 1.82) is 0 Å². The van der Waals surface area contributed by atoms with E-state index in [2.05, 4.69) is 10.1 Å². The monoisotopic (exact) mass is 243 g/mol. The summed E-state index contributed by atoms with van der Waals surface area (Å²) in [6.45, 7) is 0. The van der Waals surface area contributed by atoms with Gasteiger partial charge >= 0.3 is 5.97 Å². The number of carboxylic acids is 1. The number of pyridine rings is 1. The highest BCUT2D eigenvalue weighted by atomic mass is 16.5. The van der Waals surface area contributed by atoms with Gasteiger partial charge in [-0.15, -0.1) is 0 Å². The van der Waals surface area contributed by atoms with Crippen LogP contribution in [0, 0.1) is 0 Å². The van der Waals surface area contributed by atoms with Crippen molar-refractivity contribution in [3.63, 3.8) is 0 Å². The van der Waals surface area contributed by atoms with Gasteiger partial charge in [-0.2, -0.15) is 0 Å². The summed E-state index contributed by atoms with van der Waals surface area (Å²) in [5, 5.41) is 12.7. The van der Waals surface area contributed by atoms with E-state index in [-0.39, 0.29) is 5.56 Å². The Labute approximate surface area is 101 Å². The molecule has 0 aromatic carbocycles. The summed E-state index contributed by atoms with van der Waals surface area (Å²) in [6.07, 6.45) is 5.08. The smallest absolute Gasteiger partial charge is 0.340 e. The summed E-state index contributed by atoms with van der Waals surface area (Å²) < 4.78 is 6.60. The molecule has 0 saturated carbocycles. The van der Waals surface area contributed by atoms with Gasteiger partial charge in [0.25, 0.3) is 0 Å². The van der Waals surface area contributed by atoms with E-state index in [9.17, 15) is 4.79 Å². The van der Waals surface area contributed by atoms with Crippen LogP contribution in [0.15, 0.2) is 41.4 Å². The van der Waals surface area contributed by atoms with Gasteiger partial charge in [0.15, 0.2) is 0 Å². The van der Waals surface area contributed by atoms with Crippen LogP contribution in [0.5, 0.6) is 0 Å². The molecule has 3 aromatic heterocycles. The van der Waals surface area contributed by atoms with Gasteiger partial charge in [-0.05, 0) is 12.1 Å². The van der Waals surface area contributed by atoms with Crippen LogP contribution in [0.2, 0.25) is 0 Å². The Bertz CT molecular complexity index is 714. The van der Waals surface area contributed by atoms with Crippen LogP contribution < -0.4 is 0 Å². The molecule has 6 heteroatoms. The lowest BCUT2D eigenvalue weighted by Crippen LogP contribution is -2.02. The molecule has 3 heterocycles. The lowest BCUT2D eigenvalue weighted by Gasteiger charge is -1.99. The highest BCUT2D eigenvalue weighted by Crippen LogP contribution is 2.14. The van der Waals surface area contributed by atoms with Gasteiger partial charge in [0, 0.05) is 24.5 Å². The molecule has 0 bridgehead atoms. The van der Waals surface area contributed by atoms with Crippen LogP contribution in [0.25, 0.3) is 5.65 Å². The molecule has 0 atom stereocenters. The number of hydrogen-bond acceptors (Lipinski definition) is 4. The summed E-state index contributed by atoms with van der Waals surface area (Å²) in [5.41, 5.74) is 2.16. The maximum atomic E-state index is 11.0. The molecule has 18 heavy (non-hydrogen) atoms. The van der Waals surface area contributed by atoms with Crippen LogP contribution >= 0.6 is 0 Å². The predicted molar refractivity (Wildman–Crippen MR) is 61.5 cm³/mol. The summed E-state index contributed by atoms with van der Waals surface area (Å²) >= 11 is 0. The van der Waals surface area contributed by atoms with Crippen molar-refractivity contribution in [1.82, 2.24) is 14.5 Å². The van der Waals surface area contributed by atoms with Crippen molar-refractivity contribution >= 4 is 11.6 Å². The summed E-state index contributed by atoms with van der Waals surface area (Å²) in [6, 6.07) is 5.66. The van der Waals surface area contributed by atoms with E-state index in [1.165, 1.54) is 0 Å². The molecule has 0 spiro atoms. The van der Waals surface area contributed by atoms with Crippen LogP contribution in [0.4, 0.5) is 0 Å². The molecule has 0 radical (unpaired) electrons. The van der Waals surface area contributed by atoms with Crippen molar-refractivity contribution in [3.8, 4) is 0 Å². The SMILES string of the molecule is O=C(O)c1conc1Cc1cnc2ccccn12. The summed E-state index contributed by atoms with van der Waals surface area (Å²) in [7, 11) is 0. The summed E-state index contributed by atoms with van der Waals surface area (Å²) in [5.74, 6) is -1.04. The average Bonchev–Trinajstić information content (AvgIpc) is 2.97. The van der Waals surface area contributed by atoms with Crippen molar-refractivity contribution in [2.75, 3.05) is 0 Å². The number of fused-ring (bicyclic) bond motifs is 1. The predicted octanol–water partition coefficient (Wildman–Crippen LogP) is 1.61. The molecule has 0 amide bonds. The largest absolute Gasteiger partial charge is 0.478 e. The standard InChI is InChI=1S/C12H9N3O3/c16-12(17)9-7-18-14-10(9)5-8-6-13-11-3-1-2-4-15(8)11/h1-4,6-7H,5H2,(H,16,17). The number of aromatic nitrogens is 3. The number of hydrogen-bond donors (Lipinski definition) is 1. The molecular formula is C12H9N3O3. The van der Waals surface area contributed by atoms with Gasteiger partial charge in [0.05, 0.1) is 0 Å². The van der Waals surface area contributed by atoms with Gasteiger partial charge in [0.1, 0.15) is 23.2 Å². The fraction of sp³-hybridized carbons (Fsp3) is 0.0833. The fourth-order valence-electron chi connectivity index (χ4n) is 1.85. The number of carboxylic acid groups (broad SMARTS) is 1. The van der Waals surface area contributed by atoms with Crippen LogP contribution in [-0.2, 0) is 6.42 Å². The van der Waals surface area contributed by atoms with E-state index in [1.807, 2.05) is 28.8 Å². The lowest BCUT2D eigenvalue weighted by atomic mass is 10.1. The Hall–Kier alpha value is -2.63. The first-order valence-corrected chi connectivity index (χ1v) is 5.33. The third kappa shape index (κ3) is 1.64. The van der Waals surface area contributed by atoms with Crippen molar-refractivity contribution in [2.45, 2.75) is 6.42 Å². The highest BCUT2D eigenvalue weighted by molar-refractivity contribution is 5.88. The first kappa shape index (κ1) is 10.5. The lowest BCUT2D eigenvalue weighted by molar-refractivity contribution is 0.0695. The van der Waals surface area contributed by atoms with Gasteiger partial charge in [-0.1, -0.05) is 11.2 Å². The van der Waals surface area contributed by atoms with Gasteiger partial charge in [-0.25, -0.2) is 9.78 Å². The maximum Gasteiger partial charge on any atom is 0.340 e. The van der Waals surface area contributed by atoms with E-state index in [0.29, 0.717) is 12.1 Å². The zero-order chi connectivity index (χ0) is 12.5. The molecule has 3 aromatic rings. The first-order valence-electron chi connectivity index (χ1n) is 5.33. The van der Waals surface area contributed by atoms with E-state index >= 15 is 0 Å². The van der Waals surface area contributed by atoms with Crippen LogP contribution in [0.1, 0.15) is 21.7 Å². The normalized spacial score (nSPS) is 10.9. The van der Waals surface area contributed by atoms with Gasteiger partial charge < -0.3 is 14.0 Å². The first-order chi connectivity index (χ1) is 8.75. The van der Waals surface area contributed by atoms with Crippen LogP contribution in [-0.4, -0.2) is 25.6 Å². The number of rotatable bonds is 3. The molecule has 1 N–H and O–H groups in total. The zero-order valence-electron chi connectivity index (χ0n) is 9.28. The average molecular weight is 243 g/mol. The molecule has 0 aliphatic rings. The third-order valence-corrected chi connectivity index (χ3v) is 2.72. The van der Waals surface area contributed by atoms with E-state index < -0.39 is 5.97 Å². The quantitative estimate of drug-likeness (QED) is 0.755. The second-order valence-electron chi connectivity index (χ2n) is 3.84. The molecule has 0 saturated heterocycles. The van der Waals surface area contributed by atoms with Crippen molar-refractivity contribution in [3.05, 3.63) is 53.8 Å². The minimum Gasteiger partial charge on any atom is -0.478 e. The number of carbonyl (C=O) groups is 1. The van der Waals surface area contributed by atoms with Gasteiger partial charge in [-0.3, -0.25) is 0 Å². The topological polar surface area (TPSA) is 80.6 Å². The van der Waals surface area contributed by atoms with Crippen molar-refractivity contribution in [2.24, 2.45) is 0 Å². The van der Waals surface area contributed by atoms with E-state index in [1.54, 1.807) is 6.20 Å². The van der Waals surface area contributed by atoms with Gasteiger partial charge in [0.2, 0.25) is 0 Å². The molecular weight excluding hydrogens is 234 g/mol. The molecule has 0 aliphatic heterocycles. The highest BCUT2D eigenvalue weighted by Gasteiger charge is 2.16. The van der Waals surface area contributed by atoms with E-state index in [0.717, 1.165) is 17.6 Å². The fourth-order valence-corrected chi connectivity index (χ4v) is 1.85. The Morgan fingerprint density at radius 2 is 2.33 bits per heavy atom. The van der Waals surface area contributed by atoms with Crippen LogP contribution in [0.3, 0.4) is 0 Å². The Balaban J connectivity index is 2.02. The van der Waals surface area contributed by atoms with E-state index in [4.69, 9.17) is 9.63 Å². The molecule has 90 valence electrons. The minimum absolute atomic E-state index is 0.0841. The summed E-state index contributed by atoms with van der Waals surface area (Å²) in [4.78, 5) is 15.2. The molecule has 3 rings (SSSR count). The Morgan fingerprint density at radius 3 is 3.17 bits per heavy atom. The molecule has 0 aliphatic carbocycles. The number of imidazole rings is 1. The zero-order valence-corrected chi connectivity index (χ0v) is 9.28. The second-order valence-corrected chi connectivity index (χ2v) is 3.84. The molecule has 6 nitrogen and oxygen atoms in total. The van der Waals surface area contributed by atoms with Crippen molar-refractivity contribution < 1.29 is 14.4 Å². The Kier molecular flexibility index (Phi) is 2.33. The number of nitrogens with zero attached hydrogens (tertiary/aromatic N) is 3.